The molecule has 0 aliphatic heterocycles. The summed E-state index contributed by atoms with van der Waals surface area (Å²) < 4.78 is 39.8. The lowest BCUT2D eigenvalue weighted by molar-refractivity contribution is 0.305. The summed E-state index contributed by atoms with van der Waals surface area (Å²) in [6, 6.07) is 3.99. The van der Waals surface area contributed by atoms with Gasteiger partial charge in [-0.15, -0.1) is 0 Å². The molecular weight excluding hydrogens is 293 g/mol. The highest BCUT2D eigenvalue weighted by Gasteiger charge is 2.12. The molecule has 0 fully saturated rings. The van der Waals surface area contributed by atoms with Gasteiger partial charge in [-0.1, -0.05) is 25.7 Å². The van der Waals surface area contributed by atoms with Crippen molar-refractivity contribution >= 4 is 15.7 Å². The van der Waals surface area contributed by atoms with Crippen LogP contribution in [0, 0.1) is 23.6 Å². The van der Waals surface area contributed by atoms with E-state index in [-0.39, 0.29) is 35.9 Å². The molecule has 1 aromatic rings. The predicted octanol–water partition coefficient (Wildman–Crippen LogP) is 2.35. The summed E-state index contributed by atoms with van der Waals surface area (Å²) in [7, 11) is -3.47. The molecule has 0 amide bonds. The minimum absolute atomic E-state index is 0.00431. The smallest absolute Gasteiger partial charge is 0.232 e. The molecule has 0 bridgehead atoms. The molecule has 2 N–H and O–H groups in total. The molecule has 0 saturated carbocycles. The van der Waals surface area contributed by atoms with Gasteiger partial charge in [-0.25, -0.2) is 12.8 Å². The summed E-state index contributed by atoms with van der Waals surface area (Å²) in [5.74, 6) is 4.89. The number of nitrogens with one attached hydrogen (secondary N) is 1. The Balaban J connectivity index is 2.78. The maximum atomic E-state index is 13.8. The lowest BCUT2D eigenvalue weighted by Crippen LogP contribution is -2.18. The van der Waals surface area contributed by atoms with Gasteiger partial charge in [0.25, 0.3) is 0 Å². The van der Waals surface area contributed by atoms with Crippen LogP contribution in [0.1, 0.15) is 32.3 Å². The molecule has 0 heterocycles. The van der Waals surface area contributed by atoms with Crippen LogP contribution in [0.15, 0.2) is 18.2 Å². The number of sulfonamides is 1. The van der Waals surface area contributed by atoms with Crippen LogP contribution in [0.3, 0.4) is 0 Å². The van der Waals surface area contributed by atoms with Crippen molar-refractivity contribution in [1.29, 1.82) is 0 Å². The van der Waals surface area contributed by atoms with Gasteiger partial charge in [0.15, 0.2) is 0 Å². The highest BCUT2D eigenvalue weighted by molar-refractivity contribution is 7.92. The van der Waals surface area contributed by atoms with Gasteiger partial charge in [-0.2, -0.15) is 0 Å². The minimum atomic E-state index is -3.47. The molecule has 0 saturated heterocycles. The Bertz CT molecular complexity index is 630. The molecule has 0 aliphatic rings. The van der Waals surface area contributed by atoms with Crippen LogP contribution >= 0.6 is 0 Å². The Morgan fingerprint density at radius 2 is 2.10 bits per heavy atom. The molecule has 1 rings (SSSR count). The van der Waals surface area contributed by atoms with Crippen LogP contribution in [-0.2, 0) is 10.0 Å². The number of hydrogen-bond donors (Lipinski definition) is 2. The van der Waals surface area contributed by atoms with Gasteiger partial charge in [0, 0.05) is 6.42 Å². The van der Waals surface area contributed by atoms with Crippen molar-refractivity contribution in [3.63, 3.8) is 0 Å². The van der Waals surface area contributed by atoms with E-state index in [9.17, 15) is 12.8 Å². The van der Waals surface area contributed by atoms with Crippen LogP contribution in [-0.4, -0.2) is 25.9 Å². The van der Waals surface area contributed by atoms with Gasteiger partial charge in [0.1, 0.15) is 5.82 Å². The van der Waals surface area contributed by atoms with Gasteiger partial charge in [0.05, 0.1) is 23.6 Å². The van der Waals surface area contributed by atoms with Crippen molar-refractivity contribution in [2.45, 2.75) is 26.7 Å². The normalized spacial score (nSPS) is 11.1. The number of benzene rings is 1. The highest BCUT2D eigenvalue weighted by Crippen LogP contribution is 2.16. The second-order valence-electron chi connectivity index (χ2n) is 5.07. The third kappa shape index (κ3) is 6.61. The zero-order valence-corrected chi connectivity index (χ0v) is 13.0. The molecule has 6 heteroatoms. The molecule has 0 aromatic heterocycles. The van der Waals surface area contributed by atoms with E-state index in [2.05, 4.69) is 16.6 Å². The first kappa shape index (κ1) is 17.5. The minimum Gasteiger partial charge on any atom is -0.395 e. The Morgan fingerprint density at radius 1 is 1.38 bits per heavy atom. The maximum absolute atomic E-state index is 13.8. The molecule has 0 radical (unpaired) electrons. The summed E-state index contributed by atoms with van der Waals surface area (Å²) in [5, 5.41) is 8.60. The molecule has 1 aromatic carbocycles. The Kier molecular flexibility index (Phi) is 6.66. The number of halogens is 1. The monoisotopic (exact) mass is 313 g/mol. The number of rotatable bonds is 6. The number of aliphatic hydroxyl groups excluding tert-OH is 1. The van der Waals surface area contributed by atoms with Crippen molar-refractivity contribution in [3.8, 4) is 11.8 Å². The fraction of sp³-hybridized carbons (Fsp3) is 0.467. The van der Waals surface area contributed by atoms with E-state index in [0.717, 1.165) is 6.07 Å². The molecular formula is C15H20FNO3S. The van der Waals surface area contributed by atoms with Gasteiger partial charge >= 0.3 is 0 Å². The summed E-state index contributed by atoms with van der Waals surface area (Å²) in [4.78, 5) is 0. The van der Waals surface area contributed by atoms with Crippen molar-refractivity contribution in [3.05, 3.63) is 29.6 Å². The first-order valence-electron chi connectivity index (χ1n) is 6.74. The second-order valence-corrected chi connectivity index (χ2v) is 6.92. The summed E-state index contributed by atoms with van der Waals surface area (Å²) in [6.45, 7) is 3.80. The molecule has 0 aliphatic carbocycles. The Morgan fingerprint density at radius 3 is 2.67 bits per heavy atom. The molecule has 0 unspecified atom stereocenters. The van der Waals surface area contributed by atoms with Crippen LogP contribution in [0.2, 0.25) is 0 Å². The van der Waals surface area contributed by atoms with Crippen LogP contribution in [0.4, 0.5) is 10.1 Å². The van der Waals surface area contributed by atoms with Crippen molar-refractivity contribution in [2.75, 3.05) is 17.1 Å². The topological polar surface area (TPSA) is 66.4 Å². The van der Waals surface area contributed by atoms with Gasteiger partial charge in [0.2, 0.25) is 10.0 Å². The lowest BCUT2D eigenvalue weighted by Gasteiger charge is -2.09. The Hall–Kier alpha value is -1.58. The number of anilines is 1. The van der Waals surface area contributed by atoms with Crippen molar-refractivity contribution in [1.82, 2.24) is 0 Å². The van der Waals surface area contributed by atoms with E-state index in [1.165, 1.54) is 12.1 Å². The van der Waals surface area contributed by atoms with Gasteiger partial charge in [-0.05, 0) is 30.5 Å². The molecule has 4 nitrogen and oxygen atoms in total. The quantitative estimate of drug-likeness (QED) is 0.792. The van der Waals surface area contributed by atoms with E-state index in [0.29, 0.717) is 6.42 Å². The first-order chi connectivity index (χ1) is 9.84. The average molecular weight is 313 g/mol. The zero-order valence-electron chi connectivity index (χ0n) is 12.2. The second kappa shape index (κ2) is 8.01. The largest absolute Gasteiger partial charge is 0.395 e. The van der Waals surface area contributed by atoms with E-state index >= 15 is 0 Å². The average Bonchev–Trinajstić information content (AvgIpc) is 2.39. The molecule has 21 heavy (non-hydrogen) atoms. The van der Waals surface area contributed by atoms with Gasteiger partial charge in [-0.3, -0.25) is 4.72 Å². The summed E-state index contributed by atoms with van der Waals surface area (Å²) >= 11 is 0. The van der Waals surface area contributed by atoms with Crippen LogP contribution < -0.4 is 4.72 Å². The predicted molar refractivity (Wildman–Crippen MR) is 81.8 cm³/mol. The van der Waals surface area contributed by atoms with E-state index in [1.54, 1.807) is 0 Å². The molecule has 0 spiro atoms. The first-order valence-corrected chi connectivity index (χ1v) is 8.39. The van der Waals surface area contributed by atoms with E-state index in [1.807, 2.05) is 13.8 Å². The maximum Gasteiger partial charge on any atom is 0.232 e. The number of aliphatic hydroxyl groups is 1. The van der Waals surface area contributed by atoms with Crippen molar-refractivity contribution in [2.24, 2.45) is 5.92 Å². The third-order valence-corrected chi connectivity index (χ3v) is 3.99. The fourth-order valence-electron chi connectivity index (χ4n) is 1.52. The SMILES string of the molecule is CC(C)CCS(=O)(=O)Nc1ccc(C#CCCO)c(F)c1. The fourth-order valence-corrected chi connectivity index (χ4v) is 2.88. The van der Waals surface area contributed by atoms with Crippen molar-refractivity contribution < 1.29 is 17.9 Å². The summed E-state index contributed by atoms with van der Waals surface area (Å²) in [6.07, 6.45) is 0.811. The zero-order chi connectivity index (χ0) is 15.9. The lowest BCUT2D eigenvalue weighted by atomic mass is 10.2. The number of hydrogen-bond acceptors (Lipinski definition) is 3. The van der Waals surface area contributed by atoms with Crippen LogP contribution in [0.5, 0.6) is 0 Å². The van der Waals surface area contributed by atoms with Crippen LogP contribution in [0.25, 0.3) is 0 Å². The van der Waals surface area contributed by atoms with E-state index < -0.39 is 15.8 Å². The highest BCUT2D eigenvalue weighted by atomic mass is 32.2. The van der Waals surface area contributed by atoms with E-state index in [4.69, 9.17) is 5.11 Å². The molecule has 116 valence electrons. The Labute approximate surface area is 125 Å². The molecule has 0 atom stereocenters. The van der Waals surface area contributed by atoms with Gasteiger partial charge < -0.3 is 5.11 Å². The third-order valence-electron chi connectivity index (χ3n) is 2.67. The standard InChI is InChI=1S/C15H20FNO3S/c1-12(2)8-10-21(19,20)17-14-7-6-13(15(16)11-14)5-3-4-9-18/h6-7,11-12,17-18H,4,8-10H2,1-2H3. The summed E-state index contributed by atoms with van der Waals surface area (Å²) in [5.41, 5.74) is 0.359.